The van der Waals surface area contributed by atoms with Gasteiger partial charge in [0, 0.05) is 11.2 Å². The molecule has 2 atom stereocenters. The van der Waals surface area contributed by atoms with Crippen molar-refractivity contribution in [3.8, 4) is 0 Å². The lowest BCUT2D eigenvalue weighted by Gasteiger charge is -2.13. The zero-order valence-corrected chi connectivity index (χ0v) is 9.74. The first-order valence-electron chi connectivity index (χ1n) is 4.89. The SMILES string of the molecule is O=C1NCC(CC(Br)c2ccccc2)O1. The van der Waals surface area contributed by atoms with Crippen LogP contribution in [0.2, 0.25) is 0 Å². The molecule has 1 aromatic rings. The van der Waals surface area contributed by atoms with E-state index >= 15 is 0 Å². The number of ether oxygens (including phenoxy) is 1. The van der Waals surface area contributed by atoms with Crippen molar-refractivity contribution in [1.29, 1.82) is 0 Å². The maximum Gasteiger partial charge on any atom is 0.407 e. The Kier molecular flexibility index (Phi) is 3.26. The lowest BCUT2D eigenvalue weighted by molar-refractivity contribution is 0.136. The molecule has 1 amide bonds. The van der Waals surface area contributed by atoms with Crippen LogP contribution in [0.5, 0.6) is 0 Å². The Morgan fingerprint density at radius 1 is 1.47 bits per heavy atom. The average Bonchev–Trinajstić information content (AvgIpc) is 2.65. The zero-order valence-electron chi connectivity index (χ0n) is 8.15. The summed E-state index contributed by atoms with van der Waals surface area (Å²) in [5, 5.41) is 2.64. The number of alkyl halides is 1. The number of hydrogen-bond donors (Lipinski definition) is 1. The van der Waals surface area contributed by atoms with Crippen LogP contribution >= 0.6 is 15.9 Å². The van der Waals surface area contributed by atoms with Crippen LogP contribution < -0.4 is 5.32 Å². The third-order valence-electron chi connectivity index (χ3n) is 2.38. The molecular formula is C11H12BrNO2. The Morgan fingerprint density at radius 2 is 2.20 bits per heavy atom. The minimum absolute atomic E-state index is 0.0259. The van der Waals surface area contributed by atoms with Crippen LogP contribution in [0.25, 0.3) is 0 Å². The summed E-state index contributed by atoms with van der Waals surface area (Å²) in [5.41, 5.74) is 1.21. The second-order valence-corrected chi connectivity index (χ2v) is 4.63. The molecule has 2 unspecified atom stereocenters. The molecule has 1 saturated heterocycles. The molecule has 0 aromatic heterocycles. The van der Waals surface area contributed by atoms with Gasteiger partial charge in [-0.1, -0.05) is 46.3 Å². The standard InChI is InChI=1S/C11H12BrNO2/c12-10(8-4-2-1-3-5-8)6-9-7-13-11(14)15-9/h1-5,9-10H,6-7H2,(H,13,14). The predicted molar refractivity (Wildman–Crippen MR) is 61.0 cm³/mol. The monoisotopic (exact) mass is 269 g/mol. The molecular weight excluding hydrogens is 258 g/mol. The van der Waals surface area contributed by atoms with Gasteiger partial charge in [-0.3, -0.25) is 0 Å². The number of amides is 1. The average molecular weight is 270 g/mol. The largest absolute Gasteiger partial charge is 0.444 e. The smallest absolute Gasteiger partial charge is 0.407 e. The van der Waals surface area contributed by atoms with Gasteiger partial charge < -0.3 is 10.1 Å². The number of carbonyl (C=O) groups excluding carboxylic acids is 1. The van der Waals surface area contributed by atoms with Gasteiger partial charge in [0.25, 0.3) is 0 Å². The third-order valence-corrected chi connectivity index (χ3v) is 3.28. The van der Waals surface area contributed by atoms with Gasteiger partial charge in [-0.2, -0.15) is 0 Å². The fourth-order valence-corrected chi connectivity index (χ4v) is 2.31. The Bertz CT molecular complexity index is 342. The van der Waals surface area contributed by atoms with Crippen LogP contribution in [0.3, 0.4) is 0 Å². The van der Waals surface area contributed by atoms with Gasteiger partial charge in [-0.05, 0) is 5.56 Å². The highest BCUT2D eigenvalue weighted by molar-refractivity contribution is 9.09. The van der Waals surface area contributed by atoms with E-state index in [4.69, 9.17) is 4.74 Å². The van der Waals surface area contributed by atoms with Gasteiger partial charge in [0.1, 0.15) is 6.10 Å². The molecule has 4 heteroatoms. The Morgan fingerprint density at radius 3 is 2.80 bits per heavy atom. The molecule has 0 spiro atoms. The summed E-state index contributed by atoms with van der Waals surface area (Å²) in [6, 6.07) is 10.1. The fraction of sp³-hybridized carbons (Fsp3) is 0.364. The maximum atomic E-state index is 10.8. The zero-order chi connectivity index (χ0) is 10.7. The van der Waals surface area contributed by atoms with Crippen LogP contribution in [0.1, 0.15) is 16.8 Å². The van der Waals surface area contributed by atoms with Crippen LogP contribution in [-0.2, 0) is 4.74 Å². The normalized spacial score (nSPS) is 21.9. The molecule has 1 fully saturated rings. The molecule has 0 saturated carbocycles. The van der Waals surface area contributed by atoms with Gasteiger partial charge in [0.2, 0.25) is 0 Å². The van der Waals surface area contributed by atoms with Crippen molar-refractivity contribution in [2.24, 2.45) is 0 Å². The molecule has 1 aromatic carbocycles. The summed E-state index contributed by atoms with van der Waals surface area (Å²) in [6.07, 6.45) is 0.456. The predicted octanol–water partition coefficient (Wildman–Crippen LogP) is 2.62. The highest BCUT2D eigenvalue weighted by Crippen LogP contribution is 2.28. The fourth-order valence-electron chi connectivity index (χ4n) is 1.59. The number of carbonyl (C=O) groups is 1. The number of rotatable bonds is 3. The number of benzene rings is 1. The molecule has 15 heavy (non-hydrogen) atoms. The summed E-state index contributed by atoms with van der Waals surface area (Å²) in [4.78, 5) is 11.1. The van der Waals surface area contributed by atoms with Crippen molar-refractivity contribution >= 4 is 22.0 Å². The van der Waals surface area contributed by atoms with Crippen molar-refractivity contribution in [2.75, 3.05) is 6.54 Å². The molecule has 80 valence electrons. The molecule has 0 bridgehead atoms. The van der Waals surface area contributed by atoms with Gasteiger partial charge in [-0.15, -0.1) is 0 Å². The quantitative estimate of drug-likeness (QED) is 0.857. The molecule has 1 aliphatic heterocycles. The Labute approximate surface area is 96.9 Å². The van der Waals surface area contributed by atoms with Crippen LogP contribution in [0.15, 0.2) is 30.3 Å². The second kappa shape index (κ2) is 4.66. The minimum atomic E-state index is -0.312. The van der Waals surface area contributed by atoms with Gasteiger partial charge in [-0.25, -0.2) is 4.79 Å². The van der Waals surface area contributed by atoms with Crippen molar-refractivity contribution in [1.82, 2.24) is 5.32 Å². The Hall–Kier alpha value is -1.03. The van der Waals surface area contributed by atoms with Crippen LogP contribution in [0.4, 0.5) is 4.79 Å². The van der Waals surface area contributed by atoms with E-state index in [0.29, 0.717) is 6.54 Å². The first kappa shape index (κ1) is 10.5. The summed E-state index contributed by atoms with van der Waals surface area (Å²) >= 11 is 3.60. The van der Waals surface area contributed by atoms with Crippen molar-refractivity contribution in [2.45, 2.75) is 17.4 Å². The van der Waals surface area contributed by atoms with E-state index < -0.39 is 0 Å². The minimum Gasteiger partial charge on any atom is -0.444 e. The van der Waals surface area contributed by atoms with Crippen molar-refractivity contribution in [3.05, 3.63) is 35.9 Å². The molecule has 2 rings (SSSR count). The molecule has 0 aliphatic carbocycles. The molecule has 1 N–H and O–H groups in total. The van der Waals surface area contributed by atoms with E-state index in [9.17, 15) is 4.79 Å². The summed E-state index contributed by atoms with van der Waals surface area (Å²) in [5.74, 6) is 0. The summed E-state index contributed by atoms with van der Waals surface area (Å²) in [7, 11) is 0. The third kappa shape index (κ3) is 2.72. The van der Waals surface area contributed by atoms with E-state index in [0.717, 1.165) is 6.42 Å². The second-order valence-electron chi connectivity index (χ2n) is 3.52. The van der Waals surface area contributed by atoms with E-state index in [1.54, 1.807) is 0 Å². The van der Waals surface area contributed by atoms with Gasteiger partial charge >= 0.3 is 6.09 Å². The first-order chi connectivity index (χ1) is 7.25. The van der Waals surface area contributed by atoms with Crippen molar-refractivity contribution in [3.63, 3.8) is 0 Å². The molecule has 1 heterocycles. The first-order valence-corrected chi connectivity index (χ1v) is 5.81. The molecule has 0 radical (unpaired) electrons. The molecule has 3 nitrogen and oxygen atoms in total. The van der Waals surface area contributed by atoms with E-state index in [1.165, 1.54) is 5.56 Å². The lowest BCUT2D eigenvalue weighted by Crippen LogP contribution is -2.16. The van der Waals surface area contributed by atoms with Crippen LogP contribution in [-0.4, -0.2) is 18.7 Å². The summed E-state index contributed by atoms with van der Waals surface area (Å²) in [6.45, 7) is 0.605. The van der Waals surface area contributed by atoms with Crippen LogP contribution in [0, 0.1) is 0 Å². The summed E-state index contributed by atoms with van der Waals surface area (Å²) < 4.78 is 5.07. The number of nitrogens with one attached hydrogen (secondary N) is 1. The van der Waals surface area contributed by atoms with E-state index in [-0.39, 0.29) is 17.0 Å². The van der Waals surface area contributed by atoms with E-state index in [2.05, 4.69) is 33.4 Å². The van der Waals surface area contributed by atoms with E-state index in [1.807, 2.05) is 18.2 Å². The number of hydrogen-bond acceptors (Lipinski definition) is 2. The maximum absolute atomic E-state index is 10.8. The highest BCUT2D eigenvalue weighted by Gasteiger charge is 2.25. The van der Waals surface area contributed by atoms with Gasteiger partial charge in [0.15, 0.2) is 0 Å². The Balaban J connectivity index is 1.92. The topological polar surface area (TPSA) is 38.3 Å². The highest BCUT2D eigenvalue weighted by atomic mass is 79.9. The lowest BCUT2D eigenvalue weighted by atomic mass is 10.1. The number of halogens is 1. The molecule has 1 aliphatic rings. The number of cyclic esters (lactones) is 1. The van der Waals surface area contributed by atoms with Gasteiger partial charge in [0.05, 0.1) is 6.54 Å². The van der Waals surface area contributed by atoms with Crippen molar-refractivity contribution < 1.29 is 9.53 Å². The number of alkyl carbamates (subject to hydrolysis) is 1.